The lowest BCUT2D eigenvalue weighted by atomic mass is 9.84. The predicted molar refractivity (Wildman–Crippen MR) is 195 cm³/mol. The number of aromatic nitrogens is 1. The van der Waals surface area contributed by atoms with E-state index in [1.807, 2.05) is 0 Å². The summed E-state index contributed by atoms with van der Waals surface area (Å²) in [6.07, 6.45) is -3.85. The molecule has 0 aliphatic heterocycles. The highest BCUT2D eigenvalue weighted by Crippen LogP contribution is 2.23. The Morgan fingerprint density at radius 2 is 1.46 bits per heavy atom. The third kappa shape index (κ3) is 12.3. The van der Waals surface area contributed by atoms with Gasteiger partial charge in [-0.15, -0.1) is 0 Å². The van der Waals surface area contributed by atoms with Gasteiger partial charge in [0, 0.05) is 45.3 Å². The second-order valence-electron chi connectivity index (χ2n) is 12.4. The third-order valence-electron chi connectivity index (χ3n) is 7.84. The molecule has 0 bridgehead atoms. The van der Waals surface area contributed by atoms with Gasteiger partial charge in [-0.25, -0.2) is 14.6 Å². The lowest BCUT2D eigenvalue weighted by Crippen LogP contribution is -2.61. The van der Waals surface area contributed by atoms with Crippen molar-refractivity contribution in [1.82, 2.24) is 31.4 Å². The highest BCUT2D eigenvalue weighted by molar-refractivity contribution is 5.87. The average Bonchev–Trinajstić information content (AvgIpc) is 3.20. The van der Waals surface area contributed by atoms with Gasteiger partial charge in [-0.1, -0.05) is 95.1 Å². The Hall–Kier alpha value is -5.05. The topological polar surface area (TPSA) is 191 Å². The number of amides is 4. The Morgan fingerprint density at radius 3 is 2.02 bits per heavy atom. The molecule has 52 heavy (non-hydrogen) atoms. The van der Waals surface area contributed by atoms with E-state index in [9.17, 15) is 32.1 Å². The summed E-state index contributed by atoms with van der Waals surface area (Å²) in [6.45, 7) is -14.0. The molecule has 3 rings (SSSR count). The average molecular weight is 732 g/mol. The van der Waals surface area contributed by atoms with Crippen molar-refractivity contribution in [3.63, 3.8) is 0 Å². The highest BCUT2D eigenvalue weighted by atomic mass is 16.5. The third-order valence-corrected chi connectivity index (χ3v) is 7.84. The fourth-order valence-corrected chi connectivity index (χ4v) is 4.87. The van der Waals surface area contributed by atoms with E-state index >= 15 is 0 Å². The summed E-state index contributed by atoms with van der Waals surface area (Å²) in [5, 5.41) is 29.3. The molecule has 0 aliphatic carbocycles. The summed E-state index contributed by atoms with van der Waals surface area (Å²) in [7, 11) is 1.81. The van der Waals surface area contributed by atoms with Crippen LogP contribution in [0.3, 0.4) is 0 Å². The highest BCUT2D eigenvalue weighted by Gasteiger charge is 2.39. The van der Waals surface area contributed by atoms with E-state index in [4.69, 9.17) is 12.3 Å². The number of carbonyl (C=O) groups is 4. The quantitative estimate of drug-likeness (QED) is 0.119. The molecule has 1 heterocycles. The van der Waals surface area contributed by atoms with Crippen LogP contribution in [0.4, 0.5) is 9.59 Å². The van der Waals surface area contributed by atoms with Crippen LogP contribution in [0.1, 0.15) is 60.6 Å². The zero-order valence-electron chi connectivity index (χ0n) is 40.2. The number of pyridine rings is 1. The number of carbonyl (C=O) groups excluding carboxylic acids is 4. The van der Waals surface area contributed by atoms with E-state index in [0.717, 1.165) is 14.2 Å². The normalized spacial score (nSPS) is 18.1. The zero-order valence-corrected chi connectivity index (χ0v) is 29.2. The maximum absolute atomic E-state index is 14.5. The maximum Gasteiger partial charge on any atom is 0.407 e. The lowest BCUT2D eigenvalue weighted by molar-refractivity contribution is -0.132. The molecule has 4 amide bonds. The van der Waals surface area contributed by atoms with Crippen molar-refractivity contribution in [3.8, 4) is 11.3 Å². The monoisotopic (exact) mass is 731 g/mol. The molecular formula is C38H52N6O8. The number of rotatable bonds is 16. The number of nitrogens with zero attached hydrogens (tertiary/aromatic N) is 2. The summed E-state index contributed by atoms with van der Waals surface area (Å²) in [4.78, 5) is 57.8. The largest absolute Gasteiger partial charge is 0.453 e. The lowest BCUT2D eigenvalue weighted by Gasteiger charge is -2.36. The predicted octanol–water partition coefficient (Wildman–Crippen LogP) is 3.18. The minimum Gasteiger partial charge on any atom is -0.453 e. The minimum absolute atomic E-state index is 0.202. The van der Waals surface area contributed by atoms with Gasteiger partial charge in [-0.05, 0) is 35.1 Å². The summed E-state index contributed by atoms with van der Waals surface area (Å²) in [5.74, 6) is -2.88. The van der Waals surface area contributed by atoms with Crippen molar-refractivity contribution in [2.45, 2.75) is 71.6 Å². The van der Waals surface area contributed by atoms with Crippen LogP contribution in [0.25, 0.3) is 11.3 Å². The van der Waals surface area contributed by atoms with Crippen molar-refractivity contribution in [3.05, 3.63) is 90.1 Å². The molecule has 0 saturated carbocycles. The Morgan fingerprint density at radius 1 is 0.846 bits per heavy atom. The number of nitrogens with one attached hydrogen (secondary N) is 4. The first-order valence-electron chi connectivity index (χ1n) is 21.5. The molecule has 6 N–H and O–H groups in total. The molecular weight excluding hydrogens is 668 g/mol. The van der Waals surface area contributed by atoms with Crippen LogP contribution in [0.2, 0.25) is 0 Å². The molecule has 14 heteroatoms. The second kappa shape index (κ2) is 19.0. The van der Waals surface area contributed by atoms with Gasteiger partial charge in [0.25, 0.3) is 5.91 Å². The molecule has 0 radical (unpaired) electrons. The molecule has 0 fully saturated rings. The van der Waals surface area contributed by atoms with Crippen LogP contribution in [-0.4, -0.2) is 95.8 Å². The molecule has 2 aromatic carbocycles. The smallest absolute Gasteiger partial charge is 0.407 e. The van der Waals surface area contributed by atoms with Gasteiger partial charge < -0.3 is 35.6 Å². The summed E-state index contributed by atoms with van der Waals surface area (Å²) in [5.41, 5.74) is -1.58. The van der Waals surface area contributed by atoms with Crippen molar-refractivity contribution >= 4 is 24.0 Å². The summed E-state index contributed by atoms with van der Waals surface area (Å²) in [6, 6.07) is 13.2. The van der Waals surface area contributed by atoms with Gasteiger partial charge >= 0.3 is 12.2 Å². The van der Waals surface area contributed by atoms with Gasteiger partial charge in [0.15, 0.2) is 0 Å². The van der Waals surface area contributed by atoms with E-state index in [-0.39, 0.29) is 12.0 Å². The van der Waals surface area contributed by atoms with Crippen LogP contribution in [0.5, 0.6) is 0 Å². The fourth-order valence-electron chi connectivity index (χ4n) is 4.87. The van der Waals surface area contributed by atoms with E-state index in [1.54, 1.807) is 72.2 Å². The van der Waals surface area contributed by atoms with E-state index < -0.39 is 99.3 Å². The van der Waals surface area contributed by atoms with Crippen molar-refractivity contribution in [2.75, 3.05) is 27.3 Å². The Labute approximate surface area is 320 Å². The number of aliphatic hydroxyl groups excluding tert-OH is 2. The minimum atomic E-state index is -4.06. The van der Waals surface area contributed by atoms with Crippen LogP contribution in [0, 0.1) is 10.8 Å². The Bertz CT molecular complexity index is 1970. The molecule has 4 atom stereocenters. The Kier molecular flexibility index (Phi) is 10.1. The SMILES string of the molecule is [2H]C([2H])([C@H](O)[C@H](Cc1ccccc1)NC(=O)[C@@H](NC(=O)OC)C(C)(C)CO)N(Cc1ccc(-c2ccccn2)cc1)NC(=O)[C@@H](NC(=O)OC)C(C([2H])([2H])[2H])(C([2H])([2H])[2H])C([2H])([2H])[2H]. The maximum atomic E-state index is 14.5. The first kappa shape index (κ1) is 27.6. The zero-order chi connectivity index (χ0) is 47.8. The van der Waals surface area contributed by atoms with E-state index in [2.05, 4.69) is 30.5 Å². The van der Waals surface area contributed by atoms with Gasteiger partial charge in [-0.2, -0.15) is 0 Å². The Balaban J connectivity index is 2.28. The fraction of sp³-hybridized carbons (Fsp3) is 0.447. The molecule has 1 aromatic heterocycles. The van der Waals surface area contributed by atoms with Crippen LogP contribution < -0.4 is 21.4 Å². The van der Waals surface area contributed by atoms with E-state index in [1.165, 1.54) is 26.0 Å². The number of aliphatic hydroxyl groups is 2. The van der Waals surface area contributed by atoms with Gasteiger partial charge in [-0.3, -0.25) is 20.0 Å². The van der Waals surface area contributed by atoms with Crippen molar-refractivity contribution in [2.24, 2.45) is 10.8 Å². The van der Waals surface area contributed by atoms with Crippen LogP contribution >= 0.6 is 0 Å². The van der Waals surface area contributed by atoms with Crippen LogP contribution in [-0.2, 0) is 32.0 Å². The van der Waals surface area contributed by atoms with Crippen LogP contribution in [0.15, 0.2) is 79.0 Å². The second-order valence-corrected chi connectivity index (χ2v) is 12.4. The van der Waals surface area contributed by atoms with E-state index in [0.29, 0.717) is 21.8 Å². The van der Waals surface area contributed by atoms with Gasteiger partial charge in [0.05, 0.1) is 38.7 Å². The molecule has 3 aromatic rings. The number of hydrazine groups is 1. The molecule has 282 valence electrons. The number of hydrogen-bond acceptors (Lipinski definition) is 10. The molecule has 0 saturated heterocycles. The first-order chi connectivity index (χ1) is 29.1. The number of alkyl carbamates (subject to hydrolysis) is 2. The number of benzene rings is 2. The summed E-state index contributed by atoms with van der Waals surface area (Å²) < 4.78 is 102. The number of ether oxygens (including phenoxy) is 2. The summed E-state index contributed by atoms with van der Waals surface area (Å²) >= 11 is 0. The molecule has 0 spiro atoms. The van der Waals surface area contributed by atoms with Gasteiger partial charge in [0.1, 0.15) is 12.1 Å². The van der Waals surface area contributed by atoms with Crippen molar-refractivity contribution < 1.29 is 53.9 Å². The first-order valence-corrected chi connectivity index (χ1v) is 16.0. The number of methoxy groups -OCH3 is 2. The standard InChI is InChI=1S/C38H52N6O8/c1-37(2,3)31(41-35(49)51-6)34(48)43-44(22-26-16-18-27(19-17-26)28-15-11-12-20-39-28)23-30(46)29(21-25-13-9-8-10-14-25)40-33(47)32(38(4,5)24-45)42-36(50)52-7/h8-20,29-32,45-46H,21-24H2,1-7H3,(H,40,47)(H,41,49)(H,42,50)(H,43,48)/t29-,30-,31+,32+/m0/s1/i1D3,2D3,3D3,23D2. The number of hydrogen-bond donors (Lipinski definition) is 6. The molecule has 0 unspecified atom stereocenters. The van der Waals surface area contributed by atoms with Crippen molar-refractivity contribution in [1.29, 1.82) is 0 Å². The molecule has 14 nitrogen and oxygen atoms in total. The van der Waals surface area contributed by atoms with Gasteiger partial charge in [0.2, 0.25) is 5.91 Å². The molecule has 0 aliphatic rings.